The average Bonchev–Trinajstić information content (AvgIpc) is 2.52. The quantitative estimate of drug-likeness (QED) is 0.861. The summed E-state index contributed by atoms with van der Waals surface area (Å²) in [5.41, 5.74) is 0.655. The number of carbonyl (C=O) groups excluding carboxylic acids is 2. The molecule has 3 rings (SSSR count). The molecule has 2 bridgehead atoms. The minimum absolute atomic E-state index is 0.0703. The lowest BCUT2D eigenvalue weighted by Crippen LogP contribution is -2.57. The number of benzene rings is 1. The molecule has 21 heavy (non-hydrogen) atoms. The number of ether oxygens (including phenoxy) is 1. The monoisotopic (exact) mass is 289 g/mol. The van der Waals surface area contributed by atoms with Crippen LogP contribution in [0.1, 0.15) is 6.42 Å². The summed E-state index contributed by atoms with van der Waals surface area (Å²) in [6, 6.07) is 6.71. The zero-order chi connectivity index (χ0) is 14.8. The Morgan fingerprint density at radius 3 is 2.81 bits per heavy atom. The van der Waals surface area contributed by atoms with Crippen LogP contribution in [0.2, 0.25) is 0 Å². The summed E-state index contributed by atoms with van der Waals surface area (Å²) in [7, 11) is 1.59. The van der Waals surface area contributed by atoms with Crippen molar-refractivity contribution in [3.05, 3.63) is 24.3 Å². The molecule has 112 valence electrons. The van der Waals surface area contributed by atoms with Crippen LogP contribution >= 0.6 is 0 Å². The molecule has 0 aromatic heterocycles. The van der Waals surface area contributed by atoms with Gasteiger partial charge in [0.15, 0.2) is 0 Å². The van der Waals surface area contributed by atoms with E-state index in [4.69, 9.17) is 4.74 Å². The number of imide groups is 1. The van der Waals surface area contributed by atoms with Crippen LogP contribution in [0, 0.1) is 11.8 Å². The highest BCUT2D eigenvalue weighted by molar-refractivity contribution is 6.02. The summed E-state index contributed by atoms with van der Waals surface area (Å²) in [6.45, 7) is 2.03. The third-order valence-electron chi connectivity index (χ3n) is 4.08. The molecular formula is C15H19N3O3. The number of piperidine rings is 2. The van der Waals surface area contributed by atoms with Crippen LogP contribution in [0.25, 0.3) is 0 Å². The Kier molecular flexibility index (Phi) is 3.79. The first kappa shape index (κ1) is 13.9. The van der Waals surface area contributed by atoms with Crippen LogP contribution in [0.3, 0.4) is 0 Å². The van der Waals surface area contributed by atoms with E-state index in [0.717, 1.165) is 18.7 Å². The number of likely N-dealkylation sites (tertiary alicyclic amines) is 1. The van der Waals surface area contributed by atoms with E-state index >= 15 is 0 Å². The maximum atomic E-state index is 12.3. The van der Waals surface area contributed by atoms with E-state index < -0.39 is 0 Å². The zero-order valence-electron chi connectivity index (χ0n) is 12.0. The Morgan fingerprint density at radius 2 is 2.10 bits per heavy atom. The molecule has 1 aromatic carbocycles. The molecular weight excluding hydrogens is 270 g/mol. The topological polar surface area (TPSA) is 70.7 Å². The normalized spacial score (nSPS) is 24.6. The van der Waals surface area contributed by atoms with Crippen molar-refractivity contribution < 1.29 is 14.3 Å². The van der Waals surface area contributed by atoms with Gasteiger partial charge in [-0.25, -0.2) is 4.79 Å². The van der Waals surface area contributed by atoms with Crippen LogP contribution in [-0.2, 0) is 4.79 Å². The fourth-order valence-corrected chi connectivity index (χ4v) is 2.97. The van der Waals surface area contributed by atoms with Gasteiger partial charge in [-0.05, 0) is 43.1 Å². The lowest BCUT2D eigenvalue weighted by atomic mass is 9.85. The molecule has 6 heteroatoms. The molecule has 3 amide bonds. The van der Waals surface area contributed by atoms with Crippen molar-refractivity contribution in [2.75, 3.05) is 32.1 Å². The van der Waals surface area contributed by atoms with Crippen LogP contribution in [0.15, 0.2) is 24.3 Å². The first-order valence-electron chi connectivity index (χ1n) is 7.14. The molecule has 1 aromatic rings. The van der Waals surface area contributed by atoms with Crippen molar-refractivity contribution in [3.63, 3.8) is 0 Å². The minimum atomic E-state index is -0.346. The predicted octanol–water partition coefficient (Wildman–Crippen LogP) is 1.29. The number of urea groups is 1. The van der Waals surface area contributed by atoms with Gasteiger partial charge >= 0.3 is 6.03 Å². The molecule has 2 N–H and O–H groups in total. The standard InChI is InChI=1S/C15H19N3O3/c1-21-13-4-2-12(3-5-13)17-15(20)18-9-10-6-11(14(18)19)8-16-7-10/h2-5,10-11,16H,6-9H2,1H3,(H,17,20). The number of hydrogen-bond acceptors (Lipinski definition) is 4. The number of methoxy groups -OCH3 is 1. The zero-order valence-corrected chi connectivity index (χ0v) is 12.0. The number of hydrogen-bond donors (Lipinski definition) is 2. The summed E-state index contributed by atoms with van der Waals surface area (Å²) < 4.78 is 5.07. The van der Waals surface area contributed by atoms with Crippen LogP contribution < -0.4 is 15.4 Å². The van der Waals surface area contributed by atoms with E-state index in [0.29, 0.717) is 24.7 Å². The highest BCUT2D eigenvalue weighted by Crippen LogP contribution is 2.26. The number of carbonyl (C=O) groups is 2. The Morgan fingerprint density at radius 1 is 1.33 bits per heavy atom. The van der Waals surface area contributed by atoms with Gasteiger partial charge < -0.3 is 15.4 Å². The molecule has 2 unspecified atom stereocenters. The molecule has 2 aliphatic heterocycles. The molecule has 0 saturated carbocycles. The smallest absolute Gasteiger partial charge is 0.328 e. The summed E-state index contributed by atoms with van der Waals surface area (Å²) >= 11 is 0. The molecule has 2 heterocycles. The molecule has 0 spiro atoms. The number of fused-ring (bicyclic) bond motifs is 2. The Hall–Kier alpha value is -2.08. The van der Waals surface area contributed by atoms with Crippen LogP contribution in [0.5, 0.6) is 5.75 Å². The fraction of sp³-hybridized carbons (Fsp3) is 0.467. The number of nitrogens with one attached hydrogen (secondary N) is 2. The number of amides is 3. The number of anilines is 1. The molecule has 6 nitrogen and oxygen atoms in total. The molecule has 0 aliphatic carbocycles. The van der Waals surface area contributed by atoms with Crippen molar-refractivity contribution in [1.82, 2.24) is 10.2 Å². The predicted molar refractivity (Wildman–Crippen MR) is 78.2 cm³/mol. The molecule has 0 radical (unpaired) electrons. The highest BCUT2D eigenvalue weighted by atomic mass is 16.5. The Bertz CT molecular complexity index is 544. The molecule has 2 saturated heterocycles. The fourth-order valence-electron chi connectivity index (χ4n) is 2.97. The molecule has 2 fully saturated rings. The number of nitrogens with zero attached hydrogens (tertiary/aromatic N) is 1. The van der Waals surface area contributed by atoms with Gasteiger partial charge in [0.1, 0.15) is 5.75 Å². The lowest BCUT2D eigenvalue weighted by Gasteiger charge is -2.39. The van der Waals surface area contributed by atoms with E-state index in [-0.39, 0.29) is 17.9 Å². The second-order valence-corrected chi connectivity index (χ2v) is 5.56. The van der Waals surface area contributed by atoms with Gasteiger partial charge in [-0.1, -0.05) is 0 Å². The Balaban J connectivity index is 1.68. The van der Waals surface area contributed by atoms with E-state index in [1.54, 1.807) is 31.4 Å². The second-order valence-electron chi connectivity index (χ2n) is 5.56. The van der Waals surface area contributed by atoms with Gasteiger partial charge in [0.25, 0.3) is 0 Å². The van der Waals surface area contributed by atoms with E-state index in [9.17, 15) is 9.59 Å². The SMILES string of the molecule is COc1ccc(NC(=O)N2CC3CNCC(C3)C2=O)cc1. The van der Waals surface area contributed by atoms with E-state index in [1.807, 2.05) is 0 Å². The summed E-state index contributed by atoms with van der Waals surface area (Å²) in [4.78, 5) is 25.9. The van der Waals surface area contributed by atoms with Crippen molar-refractivity contribution in [1.29, 1.82) is 0 Å². The first-order valence-corrected chi connectivity index (χ1v) is 7.14. The number of rotatable bonds is 2. The van der Waals surface area contributed by atoms with Crippen molar-refractivity contribution in [2.24, 2.45) is 11.8 Å². The second kappa shape index (κ2) is 5.73. The van der Waals surface area contributed by atoms with Gasteiger partial charge in [0, 0.05) is 18.8 Å². The van der Waals surface area contributed by atoms with Gasteiger partial charge in [-0.3, -0.25) is 9.69 Å². The maximum absolute atomic E-state index is 12.3. The minimum Gasteiger partial charge on any atom is -0.497 e. The van der Waals surface area contributed by atoms with Crippen LogP contribution in [0.4, 0.5) is 10.5 Å². The lowest BCUT2D eigenvalue weighted by molar-refractivity contribution is -0.137. The van der Waals surface area contributed by atoms with Gasteiger partial charge in [0.2, 0.25) is 5.91 Å². The molecule has 2 aliphatic rings. The van der Waals surface area contributed by atoms with Gasteiger partial charge in [-0.15, -0.1) is 0 Å². The highest BCUT2D eigenvalue weighted by Gasteiger charge is 2.39. The summed E-state index contributed by atoms with van der Waals surface area (Å²) in [5, 5.41) is 6.02. The van der Waals surface area contributed by atoms with Gasteiger partial charge in [0.05, 0.1) is 13.0 Å². The first-order chi connectivity index (χ1) is 10.2. The van der Waals surface area contributed by atoms with Gasteiger partial charge in [-0.2, -0.15) is 0 Å². The summed E-state index contributed by atoms with van der Waals surface area (Å²) in [6.07, 6.45) is 0.887. The summed E-state index contributed by atoms with van der Waals surface area (Å²) in [5.74, 6) is 0.939. The molecule has 2 atom stereocenters. The van der Waals surface area contributed by atoms with Crippen molar-refractivity contribution >= 4 is 17.6 Å². The third-order valence-corrected chi connectivity index (χ3v) is 4.08. The maximum Gasteiger partial charge on any atom is 0.328 e. The van der Waals surface area contributed by atoms with E-state index in [2.05, 4.69) is 10.6 Å². The van der Waals surface area contributed by atoms with Crippen molar-refractivity contribution in [2.45, 2.75) is 6.42 Å². The average molecular weight is 289 g/mol. The van der Waals surface area contributed by atoms with Crippen LogP contribution in [-0.4, -0.2) is 43.6 Å². The largest absolute Gasteiger partial charge is 0.497 e. The van der Waals surface area contributed by atoms with E-state index in [1.165, 1.54) is 4.90 Å². The van der Waals surface area contributed by atoms with Crippen molar-refractivity contribution in [3.8, 4) is 5.75 Å². The third kappa shape index (κ3) is 2.85. The Labute approximate surface area is 123 Å².